The number of amides is 1. The van der Waals surface area contributed by atoms with E-state index in [-0.39, 0.29) is 41.3 Å². The lowest BCUT2D eigenvalue weighted by Crippen LogP contribution is -2.56. The minimum atomic E-state index is -0.482. The van der Waals surface area contributed by atoms with Crippen LogP contribution >= 0.6 is 0 Å². The van der Waals surface area contributed by atoms with Gasteiger partial charge in [-0.25, -0.2) is 9.37 Å². The lowest BCUT2D eigenvalue weighted by Gasteiger charge is -2.42. The summed E-state index contributed by atoms with van der Waals surface area (Å²) in [6.07, 6.45) is 10.7. The van der Waals surface area contributed by atoms with Gasteiger partial charge in [0, 0.05) is 67.5 Å². The third-order valence-electron chi connectivity index (χ3n) is 10.4. The predicted molar refractivity (Wildman–Crippen MR) is 183 cm³/mol. The number of hydrogen-bond donors (Lipinski definition) is 1. The smallest absolute Gasteiger partial charge is 0.319 e. The van der Waals surface area contributed by atoms with E-state index < -0.39 is 5.82 Å². The van der Waals surface area contributed by atoms with Crippen LogP contribution in [0.15, 0.2) is 67.3 Å². The van der Waals surface area contributed by atoms with E-state index in [9.17, 15) is 9.90 Å². The second-order valence-electron chi connectivity index (χ2n) is 13.5. The average Bonchev–Trinajstić information content (AvgIpc) is 3.82. The van der Waals surface area contributed by atoms with Gasteiger partial charge in [-0.2, -0.15) is 9.97 Å². The molecule has 248 valence electrons. The minimum Gasteiger partial charge on any atom is -0.508 e. The first-order valence-electron chi connectivity index (χ1n) is 17.0. The molecule has 8 rings (SSSR count). The molecule has 2 bridgehead atoms. The lowest BCUT2D eigenvalue weighted by atomic mass is 9.96. The summed E-state index contributed by atoms with van der Waals surface area (Å²) in [7, 11) is 2.09. The first-order chi connectivity index (χ1) is 23.4. The molecule has 3 aliphatic heterocycles. The maximum absolute atomic E-state index is 16.8. The molecule has 3 atom stereocenters. The molecule has 0 saturated carbocycles. The van der Waals surface area contributed by atoms with Gasteiger partial charge in [0.15, 0.2) is 5.82 Å². The molecular formula is C37H40FN7O3. The molecule has 1 amide bonds. The van der Waals surface area contributed by atoms with Crippen molar-refractivity contribution >= 4 is 33.4 Å². The summed E-state index contributed by atoms with van der Waals surface area (Å²) in [5.41, 5.74) is 1.13. The van der Waals surface area contributed by atoms with E-state index in [2.05, 4.69) is 31.7 Å². The van der Waals surface area contributed by atoms with Crippen molar-refractivity contribution in [1.82, 2.24) is 29.3 Å². The van der Waals surface area contributed by atoms with Crippen LogP contribution in [0.2, 0.25) is 0 Å². The van der Waals surface area contributed by atoms with Crippen molar-refractivity contribution < 1.29 is 19.0 Å². The van der Waals surface area contributed by atoms with Crippen LogP contribution in [-0.2, 0) is 11.3 Å². The number of fused-ring (bicyclic) bond motifs is 4. The fraction of sp³-hybridized carbons (Fsp3) is 0.405. The Morgan fingerprint density at radius 1 is 1.02 bits per heavy atom. The number of phenols is 1. The van der Waals surface area contributed by atoms with E-state index in [4.69, 9.17) is 9.72 Å². The third kappa shape index (κ3) is 5.70. The van der Waals surface area contributed by atoms with Crippen molar-refractivity contribution in [3.05, 3.63) is 73.1 Å². The summed E-state index contributed by atoms with van der Waals surface area (Å²) in [5, 5.41) is 12.8. The molecule has 0 spiro atoms. The fourth-order valence-corrected chi connectivity index (χ4v) is 7.96. The molecule has 48 heavy (non-hydrogen) atoms. The highest BCUT2D eigenvalue weighted by molar-refractivity contribution is 6.01. The van der Waals surface area contributed by atoms with Crippen LogP contribution in [0.5, 0.6) is 11.8 Å². The van der Waals surface area contributed by atoms with Gasteiger partial charge in [0.1, 0.15) is 23.7 Å². The number of rotatable bonds is 9. The highest BCUT2D eigenvalue weighted by atomic mass is 19.1. The summed E-state index contributed by atoms with van der Waals surface area (Å²) in [4.78, 5) is 33.7. The molecule has 5 heterocycles. The number of likely N-dealkylation sites (tertiary alicyclic amines) is 1. The molecule has 3 aromatic carbocycles. The summed E-state index contributed by atoms with van der Waals surface area (Å²) in [5.74, 6) is 0.406. The van der Waals surface area contributed by atoms with Crippen LogP contribution in [0.3, 0.4) is 0 Å². The molecule has 5 aromatic rings. The number of anilines is 1. The van der Waals surface area contributed by atoms with Crippen molar-refractivity contribution in [3.8, 4) is 22.9 Å². The van der Waals surface area contributed by atoms with Gasteiger partial charge < -0.3 is 29.1 Å². The van der Waals surface area contributed by atoms with Crippen LogP contribution < -0.4 is 9.64 Å². The summed E-state index contributed by atoms with van der Waals surface area (Å²) < 4.78 is 25.0. The van der Waals surface area contributed by atoms with Crippen molar-refractivity contribution in [2.75, 3.05) is 38.2 Å². The van der Waals surface area contributed by atoms with Gasteiger partial charge in [-0.05, 0) is 80.2 Å². The summed E-state index contributed by atoms with van der Waals surface area (Å²) >= 11 is 0. The van der Waals surface area contributed by atoms with Crippen LogP contribution in [0.25, 0.3) is 32.8 Å². The number of aromatic nitrogens is 4. The Kier molecular flexibility index (Phi) is 8.07. The highest BCUT2D eigenvalue weighted by Gasteiger charge is 2.43. The zero-order valence-electron chi connectivity index (χ0n) is 27.1. The Balaban J connectivity index is 1.12. The van der Waals surface area contributed by atoms with E-state index in [1.54, 1.807) is 30.7 Å². The second kappa shape index (κ2) is 12.7. The Morgan fingerprint density at radius 2 is 1.85 bits per heavy atom. The Morgan fingerprint density at radius 3 is 2.62 bits per heavy atom. The zero-order chi connectivity index (χ0) is 32.8. The third-order valence-corrected chi connectivity index (χ3v) is 10.4. The molecule has 3 aliphatic rings. The zero-order valence-corrected chi connectivity index (χ0v) is 27.1. The number of aryl methyl sites for hydroxylation is 1. The molecule has 11 heteroatoms. The maximum Gasteiger partial charge on any atom is 0.319 e. The normalized spacial score (nSPS) is 21.1. The molecule has 2 aromatic heterocycles. The predicted octanol–water partition coefficient (Wildman–Crippen LogP) is 5.62. The number of phenolic OH excluding ortho intramolecular Hbond substituents is 1. The van der Waals surface area contributed by atoms with Gasteiger partial charge >= 0.3 is 6.01 Å². The average molecular weight is 650 g/mol. The SMILES string of the molecule is CN1CCC[C@H]1COc1nc(N2C[C@H]3CC[C@@H](C2)N3C(=O)CCCn2ccnc2)c2ccc(-c3cc(O)cc4ccccc34)c(F)c2n1. The highest BCUT2D eigenvalue weighted by Crippen LogP contribution is 2.40. The van der Waals surface area contributed by atoms with Gasteiger partial charge in [-0.15, -0.1) is 0 Å². The van der Waals surface area contributed by atoms with E-state index in [0.29, 0.717) is 48.4 Å². The number of ether oxygens (including phenoxy) is 1. The molecule has 1 N–H and O–H groups in total. The van der Waals surface area contributed by atoms with Crippen molar-refractivity contribution in [1.29, 1.82) is 0 Å². The molecule has 10 nitrogen and oxygen atoms in total. The fourth-order valence-electron chi connectivity index (χ4n) is 7.96. The maximum atomic E-state index is 16.8. The Hall–Kier alpha value is -4.77. The van der Waals surface area contributed by atoms with E-state index in [1.165, 1.54) is 0 Å². The molecular weight excluding hydrogens is 609 g/mol. The van der Waals surface area contributed by atoms with E-state index >= 15 is 4.39 Å². The molecule has 0 unspecified atom stereocenters. The summed E-state index contributed by atoms with van der Waals surface area (Å²) in [6.45, 7) is 3.43. The first kappa shape index (κ1) is 30.6. The van der Waals surface area contributed by atoms with E-state index in [1.807, 2.05) is 41.1 Å². The Bertz CT molecular complexity index is 1950. The van der Waals surface area contributed by atoms with Gasteiger partial charge in [0.05, 0.1) is 6.33 Å². The number of piperazine rings is 1. The molecule has 0 radical (unpaired) electrons. The number of carbonyl (C=O) groups is 1. The van der Waals surface area contributed by atoms with Crippen LogP contribution in [0, 0.1) is 5.82 Å². The van der Waals surface area contributed by atoms with Crippen LogP contribution in [-0.4, -0.2) is 91.7 Å². The first-order valence-corrected chi connectivity index (χ1v) is 17.0. The van der Waals surface area contributed by atoms with Gasteiger partial charge in [-0.3, -0.25) is 4.79 Å². The number of imidazole rings is 1. The largest absolute Gasteiger partial charge is 0.508 e. The van der Waals surface area contributed by atoms with Gasteiger partial charge in [0.25, 0.3) is 0 Å². The molecule has 0 aliphatic carbocycles. The van der Waals surface area contributed by atoms with Crippen molar-refractivity contribution in [2.45, 2.75) is 63.2 Å². The quantitative estimate of drug-likeness (QED) is 0.220. The number of aromatic hydroxyl groups is 1. The van der Waals surface area contributed by atoms with Crippen molar-refractivity contribution in [2.24, 2.45) is 0 Å². The molecule has 3 saturated heterocycles. The van der Waals surface area contributed by atoms with Gasteiger partial charge in [-0.1, -0.05) is 30.3 Å². The topological polar surface area (TPSA) is 99.9 Å². The number of carbonyl (C=O) groups excluding carboxylic acids is 1. The monoisotopic (exact) mass is 649 g/mol. The number of hydrogen-bond acceptors (Lipinski definition) is 8. The number of likely N-dealkylation sites (N-methyl/N-ethyl adjacent to an activating group) is 1. The number of nitrogens with zero attached hydrogens (tertiary/aromatic N) is 7. The Labute approximate surface area is 278 Å². The van der Waals surface area contributed by atoms with Crippen molar-refractivity contribution in [3.63, 3.8) is 0 Å². The summed E-state index contributed by atoms with van der Waals surface area (Å²) in [6, 6.07) is 15.1. The van der Waals surface area contributed by atoms with Crippen LogP contribution in [0.4, 0.5) is 10.2 Å². The number of benzene rings is 3. The number of halogens is 1. The standard InChI is InChI=1S/C37H40FN7O3/c1-42-15-4-7-27(42)22-48-37-40-35-31(13-12-30(34(35)38)32-19-28(46)18-24-6-2-3-8-29(24)32)36(41-37)44-20-25-10-11-26(21-44)45(25)33(47)9-5-16-43-17-14-39-23-43/h2-3,6,8,12-14,17-19,23,25-27,46H,4-5,7,9-11,15-16,20-22H2,1H3/t25-,26+,27-/m0/s1. The van der Waals surface area contributed by atoms with Crippen LogP contribution in [0.1, 0.15) is 38.5 Å². The molecule has 3 fully saturated rings. The van der Waals surface area contributed by atoms with E-state index in [0.717, 1.165) is 56.0 Å². The minimum absolute atomic E-state index is 0.0637. The lowest BCUT2D eigenvalue weighted by molar-refractivity contribution is -0.134. The van der Waals surface area contributed by atoms with Gasteiger partial charge in [0.2, 0.25) is 5.91 Å². The second-order valence-corrected chi connectivity index (χ2v) is 13.5.